The zero-order chi connectivity index (χ0) is 13.1. The number of para-hydroxylation sites is 1. The third-order valence-electron chi connectivity index (χ3n) is 3.02. The second-order valence-electron chi connectivity index (χ2n) is 4.49. The average molecular weight is 336 g/mol. The predicted octanol–water partition coefficient (Wildman–Crippen LogP) is 4.83. The van der Waals surface area contributed by atoms with E-state index in [4.69, 9.17) is 4.42 Å². The van der Waals surface area contributed by atoms with Crippen molar-refractivity contribution in [2.24, 2.45) is 0 Å². The summed E-state index contributed by atoms with van der Waals surface area (Å²) in [5, 5.41) is 1.20. The maximum Gasteiger partial charge on any atom is 0.103 e. The fourth-order valence-electron chi connectivity index (χ4n) is 2.05. The maximum atomic E-state index is 5.35. The van der Waals surface area contributed by atoms with Crippen molar-refractivity contribution in [3.8, 4) is 0 Å². The Morgan fingerprint density at radius 3 is 2.89 bits per heavy atom. The Kier molecular flexibility index (Phi) is 3.99. The highest BCUT2D eigenvalue weighted by atomic mass is 79.9. The van der Waals surface area contributed by atoms with Crippen LogP contribution in [0.15, 0.2) is 47.1 Å². The quantitative estimate of drug-likeness (QED) is 0.624. The summed E-state index contributed by atoms with van der Waals surface area (Å²) < 4.78 is 6.62. The van der Waals surface area contributed by atoms with Crippen molar-refractivity contribution in [1.29, 1.82) is 0 Å². The van der Waals surface area contributed by atoms with Crippen LogP contribution in [0.25, 0.3) is 10.2 Å². The molecule has 0 aliphatic carbocycles. The Hall–Kier alpha value is -1.13. The van der Waals surface area contributed by atoms with Gasteiger partial charge in [-0.05, 0) is 30.7 Å². The molecule has 2 nitrogen and oxygen atoms in total. The minimum atomic E-state index is 0.443. The Bertz CT molecular complexity index is 614. The van der Waals surface area contributed by atoms with Crippen molar-refractivity contribution < 1.29 is 4.42 Å². The molecule has 3 aromatic rings. The number of hydrogen-bond donors (Lipinski definition) is 0. The molecule has 98 valence electrons. The van der Waals surface area contributed by atoms with Crippen molar-refractivity contribution in [3.05, 3.63) is 53.4 Å². The van der Waals surface area contributed by atoms with Crippen LogP contribution in [-0.4, -0.2) is 9.81 Å². The number of rotatable bonds is 5. The molecule has 1 atom stereocenters. The van der Waals surface area contributed by atoms with Gasteiger partial charge in [0.15, 0.2) is 0 Å². The standard InChI is InChI=1S/C15H14BrNOS/c16-11(7-8-12-4-3-9-18-12)10-15-17-13-5-1-2-6-14(13)19-15/h1-6,9,11H,7-8,10H2. The number of thiazole rings is 1. The molecule has 3 rings (SSSR count). The normalized spacial score (nSPS) is 12.9. The van der Waals surface area contributed by atoms with E-state index in [0.717, 1.165) is 30.5 Å². The molecule has 0 saturated carbocycles. The van der Waals surface area contributed by atoms with E-state index in [9.17, 15) is 0 Å². The molecule has 0 aliphatic rings. The predicted molar refractivity (Wildman–Crippen MR) is 83.1 cm³/mol. The van der Waals surface area contributed by atoms with Gasteiger partial charge in [0.25, 0.3) is 0 Å². The molecule has 0 fully saturated rings. The van der Waals surface area contributed by atoms with E-state index in [0.29, 0.717) is 4.83 Å². The van der Waals surface area contributed by atoms with E-state index in [1.807, 2.05) is 18.2 Å². The summed E-state index contributed by atoms with van der Waals surface area (Å²) in [5.74, 6) is 1.05. The Labute approximate surface area is 124 Å². The summed E-state index contributed by atoms with van der Waals surface area (Å²) in [6, 6.07) is 12.3. The Morgan fingerprint density at radius 2 is 2.11 bits per heavy atom. The lowest BCUT2D eigenvalue weighted by Crippen LogP contribution is -2.03. The maximum absolute atomic E-state index is 5.35. The van der Waals surface area contributed by atoms with E-state index in [2.05, 4.69) is 39.1 Å². The first-order valence-corrected chi connectivity index (χ1v) is 8.05. The highest BCUT2D eigenvalue weighted by Gasteiger charge is 2.10. The van der Waals surface area contributed by atoms with Crippen molar-refractivity contribution in [2.45, 2.75) is 24.1 Å². The SMILES string of the molecule is BrC(CCc1ccco1)Cc1nc2ccccc2s1. The molecule has 0 amide bonds. The lowest BCUT2D eigenvalue weighted by Gasteiger charge is -2.05. The second-order valence-corrected chi connectivity index (χ2v) is 6.90. The smallest absolute Gasteiger partial charge is 0.103 e. The number of fused-ring (bicyclic) bond motifs is 1. The fourth-order valence-corrected chi connectivity index (χ4v) is 3.85. The van der Waals surface area contributed by atoms with Gasteiger partial charge in [-0.1, -0.05) is 28.1 Å². The molecule has 1 aromatic carbocycles. The summed E-state index contributed by atoms with van der Waals surface area (Å²) in [7, 11) is 0. The van der Waals surface area contributed by atoms with Crippen molar-refractivity contribution in [3.63, 3.8) is 0 Å². The number of halogens is 1. The molecule has 19 heavy (non-hydrogen) atoms. The van der Waals surface area contributed by atoms with E-state index in [-0.39, 0.29) is 0 Å². The van der Waals surface area contributed by atoms with Gasteiger partial charge in [0.2, 0.25) is 0 Å². The zero-order valence-corrected chi connectivity index (χ0v) is 12.8. The topological polar surface area (TPSA) is 26.0 Å². The summed E-state index contributed by atoms with van der Waals surface area (Å²) in [6.45, 7) is 0. The minimum absolute atomic E-state index is 0.443. The minimum Gasteiger partial charge on any atom is -0.469 e. The highest BCUT2D eigenvalue weighted by Crippen LogP contribution is 2.25. The van der Waals surface area contributed by atoms with Crippen LogP contribution in [0.3, 0.4) is 0 Å². The summed E-state index contributed by atoms with van der Waals surface area (Å²) >= 11 is 5.53. The van der Waals surface area contributed by atoms with Crippen LogP contribution in [0.1, 0.15) is 17.2 Å². The van der Waals surface area contributed by atoms with E-state index < -0.39 is 0 Å². The highest BCUT2D eigenvalue weighted by molar-refractivity contribution is 9.09. The van der Waals surface area contributed by atoms with Gasteiger partial charge in [-0.15, -0.1) is 11.3 Å². The van der Waals surface area contributed by atoms with Gasteiger partial charge in [-0.2, -0.15) is 0 Å². The van der Waals surface area contributed by atoms with E-state index in [1.165, 1.54) is 9.71 Å². The molecule has 0 aliphatic heterocycles. The van der Waals surface area contributed by atoms with Crippen LogP contribution in [0, 0.1) is 0 Å². The van der Waals surface area contributed by atoms with E-state index in [1.54, 1.807) is 17.6 Å². The molecule has 0 spiro atoms. The number of furan rings is 1. The van der Waals surface area contributed by atoms with Gasteiger partial charge in [-0.25, -0.2) is 4.98 Å². The third kappa shape index (κ3) is 3.25. The van der Waals surface area contributed by atoms with Crippen LogP contribution < -0.4 is 0 Å². The fraction of sp³-hybridized carbons (Fsp3) is 0.267. The van der Waals surface area contributed by atoms with Crippen LogP contribution in [0.5, 0.6) is 0 Å². The van der Waals surface area contributed by atoms with Crippen LogP contribution in [0.2, 0.25) is 0 Å². The molecule has 1 unspecified atom stereocenters. The van der Waals surface area contributed by atoms with Crippen LogP contribution >= 0.6 is 27.3 Å². The number of aryl methyl sites for hydroxylation is 1. The Balaban J connectivity index is 1.60. The lowest BCUT2D eigenvalue weighted by molar-refractivity contribution is 0.500. The first kappa shape index (κ1) is 12.9. The summed E-state index contributed by atoms with van der Waals surface area (Å²) in [6.07, 6.45) is 4.73. The first-order chi connectivity index (χ1) is 9.31. The van der Waals surface area contributed by atoms with Crippen LogP contribution in [-0.2, 0) is 12.8 Å². The monoisotopic (exact) mass is 335 g/mol. The molecule has 0 saturated heterocycles. The average Bonchev–Trinajstić information content (AvgIpc) is 3.04. The number of aromatic nitrogens is 1. The van der Waals surface area contributed by atoms with Gasteiger partial charge in [0.05, 0.1) is 21.5 Å². The van der Waals surface area contributed by atoms with Crippen molar-refractivity contribution in [1.82, 2.24) is 4.98 Å². The molecule has 4 heteroatoms. The molecule has 0 N–H and O–H groups in total. The van der Waals surface area contributed by atoms with Crippen LogP contribution in [0.4, 0.5) is 0 Å². The summed E-state index contributed by atoms with van der Waals surface area (Å²) in [4.78, 5) is 5.11. The molecule has 2 aromatic heterocycles. The number of hydrogen-bond acceptors (Lipinski definition) is 3. The van der Waals surface area contributed by atoms with Gasteiger partial charge in [0.1, 0.15) is 5.76 Å². The van der Waals surface area contributed by atoms with Gasteiger partial charge < -0.3 is 4.42 Å². The molecule has 0 bridgehead atoms. The van der Waals surface area contributed by atoms with Gasteiger partial charge in [-0.3, -0.25) is 0 Å². The lowest BCUT2D eigenvalue weighted by atomic mass is 10.1. The number of nitrogens with zero attached hydrogens (tertiary/aromatic N) is 1. The second kappa shape index (κ2) is 5.88. The van der Waals surface area contributed by atoms with Crippen molar-refractivity contribution >= 4 is 37.5 Å². The largest absolute Gasteiger partial charge is 0.469 e. The van der Waals surface area contributed by atoms with Gasteiger partial charge in [0, 0.05) is 17.7 Å². The number of benzene rings is 1. The van der Waals surface area contributed by atoms with Crippen molar-refractivity contribution in [2.75, 3.05) is 0 Å². The molecule has 2 heterocycles. The molecule has 0 radical (unpaired) electrons. The molecular weight excluding hydrogens is 322 g/mol. The first-order valence-electron chi connectivity index (χ1n) is 6.32. The van der Waals surface area contributed by atoms with E-state index >= 15 is 0 Å². The molecular formula is C15H14BrNOS. The number of alkyl halides is 1. The Morgan fingerprint density at radius 1 is 1.21 bits per heavy atom. The third-order valence-corrected chi connectivity index (χ3v) is 4.86. The summed E-state index contributed by atoms with van der Waals surface area (Å²) in [5.41, 5.74) is 1.10. The zero-order valence-electron chi connectivity index (χ0n) is 10.4. The van der Waals surface area contributed by atoms with Gasteiger partial charge >= 0.3 is 0 Å².